The first kappa shape index (κ1) is 17.5. The Morgan fingerprint density at radius 3 is 2.44 bits per heavy atom. The molecule has 0 unspecified atom stereocenters. The zero-order valence-corrected chi connectivity index (χ0v) is 15.6. The molecule has 0 radical (unpaired) electrons. The van der Waals surface area contributed by atoms with E-state index in [4.69, 9.17) is 4.98 Å². The maximum atomic E-state index is 11.1. The molecule has 5 heteroatoms. The number of aromatic nitrogens is 1. The second kappa shape index (κ2) is 7.76. The van der Waals surface area contributed by atoms with Crippen LogP contribution in [0.5, 0.6) is 0 Å². The molecule has 5 nitrogen and oxygen atoms in total. The van der Waals surface area contributed by atoms with Crippen molar-refractivity contribution in [2.75, 3.05) is 36.4 Å². The molecule has 1 N–H and O–H groups in total. The van der Waals surface area contributed by atoms with Gasteiger partial charge in [-0.15, -0.1) is 0 Å². The van der Waals surface area contributed by atoms with Crippen molar-refractivity contribution < 1.29 is 4.79 Å². The molecule has 1 saturated heterocycles. The molecule has 2 aromatic carbocycles. The van der Waals surface area contributed by atoms with Gasteiger partial charge in [-0.05, 0) is 35.9 Å². The molecular formula is C22H24N4O. The summed E-state index contributed by atoms with van der Waals surface area (Å²) in [4.78, 5) is 20.7. The SMILES string of the molecule is CC(=O)Nc1ccc(CN2CCN(c3ccc4ccccc4n3)CC2)cc1. The second-order valence-corrected chi connectivity index (χ2v) is 7.00. The average molecular weight is 360 g/mol. The van der Waals surface area contributed by atoms with Crippen LogP contribution in [0.15, 0.2) is 60.7 Å². The highest BCUT2D eigenvalue weighted by atomic mass is 16.1. The summed E-state index contributed by atoms with van der Waals surface area (Å²) in [7, 11) is 0. The van der Waals surface area contributed by atoms with E-state index in [1.54, 1.807) is 0 Å². The van der Waals surface area contributed by atoms with Crippen molar-refractivity contribution in [3.63, 3.8) is 0 Å². The molecule has 1 aromatic heterocycles. The Kier molecular flexibility index (Phi) is 5.03. The molecule has 0 aliphatic carbocycles. The third kappa shape index (κ3) is 4.26. The zero-order valence-electron chi connectivity index (χ0n) is 15.6. The number of nitrogens with one attached hydrogen (secondary N) is 1. The van der Waals surface area contributed by atoms with Crippen molar-refractivity contribution in [1.82, 2.24) is 9.88 Å². The lowest BCUT2D eigenvalue weighted by Crippen LogP contribution is -2.46. The third-order valence-electron chi connectivity index (χ3n) is 4.96. The fourth-order valence-electron chi connectivity index (χ4n) is 3.52. The standard InChI is InChI=1S/C22H24N4O/c1-17(27)23-20-9-6-18(7-10-20)16-25-12-14-26(15-13-25)22-11-8-19-4-2-3-5-21(19)24-22/h2-11H,12-16H2,1H3,(H,23,27). The van der Waals surface area contributed by atoms with Crippen LogP contribution in [0.3, 0.4) is 0 Å². The number of nitrogens with zero attached hydrogens (tertiary/aromatic N) is 3. The number of piperazine rings is 1. The zero-order chi connectivity index (χ0) is 18.6. The molecule has 1 amide bonds. The summed E-state index contributed by atoms with van der Waals surface area (Å²) in [6.07, 6.45) is 0. The molecule has 4 rings (SSSR count). The predicted octanol–water partition coefficient (Wildman–Crippen LogP) is 3.52. The van der Waals surface area contributed by atoms with E-state index in [1.807, 2.05) is 24.3 Å². The van der Waals surface area contributed by atoms with Crippen LogP contribution in [-0.2, 0) is 11.3 Å². The number of rotatable bonds is 4. The van der Waals surface area contributed by atoms with Gasteiger partial charge in [0.15, 0.2) is 0 Å². The van der Waals surface area contributed by atoms with Crippen LogP contribution >= 0.6 is 0 Å². The van der Waals surface area contributed by atoms with Crippen molar-refractivity contribution in [3.05, 3.63) is 66.2 Å². The van der Waals surface area contributed by atoms with Gasteiger partial charge in [0.2, 0.25) is 5.91 Å². The van der Waals surface area contributed by atoms with Gasteiger partial charge in [-0.25, -0.2) is 4.98 Å². The van der Waals surface area contributed by atoms with Crippen molar-refractivity contribution in [2.24, 2.45) is 0 Å². The summed E-state index contributed by atoms with van der Waals surface area (Å²) in [5, 5.41) is 3.99. The Morgan fingerprint density at radius 2 is 1.70 bits per heavy atom. The van der Waals surface area contributed by atoms with Crippen LogP contribution < -0.4 is 10.2 Å². The second-order valence-electron chi connectivity index (χ2n) is 7.00. The van der Waals surface area contributed by atoms with Crippen LogP contribution in [0, 0.1) is 0 Å². The average Bonchev–Trinajstić information content (AvgIpc) is 2.69. The number of hydrogen-bond donors (Lipinski definition) is 1. The van der Waals surface area contributed by atoms with Gasteiger partial charge in [-0.1, -0.05) is 30.3 Å². The Labute approximate surface area is 159 Å². The molecule has 0 atom stereocenters. The van der Waals surface area contributed by atoms with Crippen LogP contribution in [0.25, 0.3) is 10.9 Å². The molecule has 1 fully saturated rings. The van der Waals surface area contributed by atoms with E-state index in [2.05, 4.69) is 51.5 Å². The largest absolute Gasteiger partial charge is 0.354 e. The smallest absolute Gasteiger partial charge is 0.221 e. The highest BCUT2D eigenvalue weighted by Gasteiger charge is 2.18. The topological polar surface area (TPSA) is 48.5 Å². The normalized spacial score (nSPS) is 15.1. The minimum absolute atomic E-state index is 0.0406. The number of anilines is 2. The Balaban J connectivity index is 1.35. The van der Waals surface area contributed by atoms with Crippen LogP contribution in [-0.4, -0.2) is 42.0 Å². The number of fused-ring (bicyclic) bond motifs is 1. The Hall–Kier alpha value is -2.92. The fraction of sp³-hybridized carbons (Fsp3) is 0.273. The lowest BCUT2D eigenvalue weighted by Gasteiger charge is -2.35. The highest BCUT2D eigenvalue weighted by molar-refractivity contribution is 5.88. The quantitative estimate of drug-likeness (QED) is 0.773. The maximum absolute atomic E-state index is 11.1. The van der Waals surface area contributed by atoms with E-state index in [0.717, 1.165) is 49.7 Å². The Morgan fingerprint density at radius 1 is 0.963 bits per heavy atom. The first-order chi connectivity index (χ1) is 13.2. The van der Waals surface area contributed by atoms with Gasteiger partial charge in [0, 0.05) is 50.7 Å². The summed E-state index contributed by atoms with van der Waals surface area (Å²) < 4.78 is 0. The maximum Gasteiger partial charge on any atom is 0.221 e. The molecule has 0 bridgehead atoms. The summed E-state index contributed by atoms with van der Waals surface area (Å²) in [5.74, 6) is 1.02. The van der Waals surface area contributed by atoms with Crippen molar-refractivity contribution in [3.8, 4) is 0 Å². The minimum Gasteiger partial charge on any atom is -0.354 e. The monoisotopic (exact) mass is 360 g/mol. The third-order valence-corrected chi connectivity index (χ3v) is 4.96. The van der Waals surface area contributed by atoms with Gasteiger partial charge in [0.05, 0.1) is 5.52 Å². The van der Waals surface area contributed by atoms with Crippen LogP contribution in [0.1, 0.15) is 12.5 Å². The molecule has 0 saturated carbocycles. The molecule has 1 aliphatic rings. The van der Waals surface area contributed by atoms with Gasteiger partial charge >= 0.3 is 0 Å². The first-order valence-electron chi connectivity index (χ1n) is 9.37. The van der Waals surface area contributed by atoms with Crippen LogP contribution in [0.4, 0.5) is 11.5 Å². The lowest BCUT2D eigenvalue weighted by atomic mass is 10.1. The molecule has 3 aromatic rings. The van der Waals surface area contributed by atoms with Gasteiger partial charge in [0.25, 0.3) is 0 Å². The number of pyridine rings is 1. The number of hydrogen-bond acceptors (Lipinski definition) is 4. The van der Waals surface area contributed by atoms with Gasteiger partial charge < -0.3 is 10.2 Å². The highest BCUT2D eigenvalue weighted by Crippen LogP contribution is 2.20. The predicted molar refractivity (Wildman–Crippen MR) is 110 cm³/mol. The molecular weight excluding hydrogens is 336 g/mol. The molecule has 1 aliphatic heterocycles. The van der Waals surface area contributed by atoms with E-state index in [9.17, 15) is 4.79 Å². The van der Waals surface area contributed by atoms with Gasteiger partial charge in [0.1, 0.15) is 5.82 Å². The van der Waals surface area contributed by atoms with E-state index < -0.39 is 0 Å². The lowest BCUT2D eigenvalue weighted by molar-refractivity contribution is -0.114. The summed E-state index contributed by atoms with van der Waals surface area (Å²) in [6.45, 7) is 6.45. The summed E-state index contributed by atoms with van der Waals surface area (Å²) in [6, 6.07) is 20.6. The first-order valence-corrected chi connectivity index (χ1v) is 9.37. The van der Waals surface area contributed by atoms with Gasteiger partial charge in [-0.2, -0.15) is 0 Å². The Bertz CT molecular complexity index is 930. The molecule has 2 heterocycles. The summed E-state index contributed by atoms with van der Waals surface area (Å²) >= 11 is 0. The summed E-state index contributed by atoms with van der Waals surface area (Å²) in [5.41, 5.74) is 3.16. The number of amides is 1. The number of benzene rings is 2. The molecule has 138 valence electrons. The van der Waals surface area contributed by atoms with Gasteiger partial charge in [-0.3, -0.25) is 9.69 Å². The molecule has 0 spiro atoms. The van der Waals surface area contributed by atoms with Crippen molar-refractivity contribution >= 4 is 28.3 Å². The van der Waals surface area contributed by atoms with E-state index in [0.29, 0.717) is 0 Å². The number of carbonyl (C=O) groups is 1. The van der Waals surface area contributed by atoms with E-state index >= 15 is 0 Å². The van der Waals surface area contributed by atoms with Crippen LogP contribution in [0.2, 0.25) is 0 Å². The van der Waals surface area contributed by atoms with E-state index in [-0.39, 0.29) is 5.91 Å². The van der Waals surface area contributed by atoms with Crippen molar-refractivity contribution in [2.45, 2.75) is 13.5 Å². The fourth-order valence-corrected chi connectivity index (χ4v) is 3.52. The van der Waals surface area contributed by atoms with E-state index in [1.165, 1.54) is 17.9 Å². The number of para-hydroxylation sites is 1. The minimum atomic E-state index is -0.0406. The molecule has 27 heavy (non-hydrogen) atoms. The van der Waals surface area contributed by atoms with Crippen molar-refractivity contribution in [1.29, 1.82) is 0 Å². The number of carbonyl (C=O) groups excluding carboxylic acids is 1.